The average Bonchev–Trinajstić information content (AvgIpc) is 2.26. The molecular weight excluding hydrogens is 208 g/mol. The van der Waals surface area contributed by atoms with Crippen molar-refractivity contribution in [2.45, 2.75) is 32.2 Å². The van der Waals surface area contributed by atoms with Crippen LogP contribution in [0.25, 0.3) is 0 Å². The third kappa shape index (κ3) is 4.90. The standard InChI is InChI=1S/C11H20N2O3/c1-9(2)16-8-10(14)6-13-3-4-15-11(5-12)7-13/h9-11,14H,3-4,6-8H2,1-2H3. The van der Waals surface area contributed by atoms with E-state index in [1.165, 1.54) is 0 Å². The van der Waals surface area contributed by atoms with E-state index in [-0.39, 0.29) is 12.2 Å². The fourth-order valence-electron chi connectivity index (χ4n) is 1.60. The van der Waals surface area contributed by atoms with Gasteiger partial charge in [0.1, 0.15) is 0 Å². The first-order valence-corrected chi connectivity index (χ1v) is 5.65. The van der Waals surface area contributed by atoms with Crippen molar-refractivity contribution in [3.05, 3.63) is 0 Å². The summed E-state index contributed by atoms with van der Waals surface area (Å²) in [5, 5.41) is 18.4. The maximum absolute atomic E-state index is 9.72. The number of hydrogen-bond donors (Lipinski definition) is 1. The van der Waals surface area contributed by atoms with Gasteiger partial charge in [0.2, 0.25) is 0 Å². The first-order valence-electron chi connectivity index (χ1n) is 5.65. The van der Waals surface area contributed by atoms with Gasteiger partial charge in [0, 0.05) is 19.6 Å². The zero-order chi connectivity index (χ0) is 12.0. The van der Waals surface area contributed by atoms with Gasteiger partial charge in [-0.1, -0.05) is 0 Å². The largest absolute Gasteiger partial charge is 0.389 e. The number of ether oxygens (including phenoxy) is 2. The van der Waals surface area contributed by atoms with Crippen LogP contribution in [0.5, 0.6) is 0 Å². The van der Waals surface area contributed by atoms with Crippen LogP contribution in [0.4, 0.5) is 0 Å². The molecule has 1 heterocycles. The second-order valence-corrected chi connectivity index (χ2v) is 4.28. The number of rotatable bonds is 5. The lowest BCUT2D eigenvalue weighted by molar-refractivity contribution is -0.0410. The van der Waals surface area contributed by atoms with E-state index in [0.717, 1.165) is 6.54 Å². The summed E-state index contributed by atoms with van der Waals surface area (Å²) in [6, 6.07) is 2.08. The number of β-amino-alcohol motifs (C(OH)–C–C–N with tert-alkyl or cyclic N) is 1. The topological polar surface area (TPSA) is 65.7 Å². The average molecular weight is 228 g/mol. The van der Waals surface area contributed by atoms with Gasteiger partial charge >= 0.3 is 0 Å². The number of nitrogens with zero attached hydrogens (tertiary/aromatic N) is 2. The van der Waals surface area contributed by atoms with Crippen LogP contribution in [-0.4, -0.2) is 61.2 Å². The van der Waals surface area contributed by atoms with Crippen molar-refractivity contribution >= 4 is 0 Å². The van der Waals surface area contributed by atoms with Crippen LogP contribution in [0, 0.1) is 11.3 Å². The van der Waals surface area contributed by atoms with Crippen molar-refractivity contribution in [3.8, 4) is 6.07 Å². The van der Waals surface area contributed by atoms with Crippen LogP contribution < -0.4 is 0 Å². The maximum Gasteiger partial charge on any atom is 0.156 e. The summed E-state index contributed by atoms with van der Waals surface area (Å²) in [4.78, 5) is 2.03. The van der Waals surface area contributed by atoms with Gasteiger partial charge in [0.25, 0.3) is 0 Å². The van der Waals surface area contributed by atoms with Crippen molar-refractivity contribution in [1.82, 2.24) is 4.90 Å². The minimum atomic E-state index is -0.500. The Morgan fingerprint density at radius 3 is 3.00 bits per heavy atom. The number of aliphatic hydroxyl groups excluding tert-OH is 1. The quantitative estimate of drug-likeness (QED) is 0.717. The smallest absolute Gasteiger partial charge is 0.156 e. The Kier molecular flexibility index (Phi) is 5.71. The first kappa shape index (κ1) is 13.4. The summed E-state index contributed by atoms with van der Waals surface area (Å²) in [6.07, 6.45) is -0.738. The maximum atomic E-state index is 9.72. The molecule has 5 nitrogen and oxygen atoms in total. The predicted molar refractivity (Wildman–Crippen MR) is 58.9 cm³/mol. The molecule has 0 spiro atoms. The lowest BCUT2D eigenvalue weighted by Gasteiger charge is -2.31. The Bertz CT molecular complexity index is 240. The van der Waals surface area contributed by atoms with Crippen LogP contribution in [0.15, 0.2) is 0 Å². The minimum Gasteiger partial charge on any atom is -0.389 e. The van der Waals surface area contributed by atoms with E-state index in [1.54, 1.807) is 0 Å². The van der Waals surface area contributed by atoms with Crippen LogP contribution in [0.3, 0.4) is 0 Å². The van der Waals surface area contributed by atoms with E-state index < -0.39 is 6.10 Å². The zero-order valence-electron chi connectivity index (χ0n) is 9.93. The molecule has 1 aliphatic heterocycles. The number of nitriles is 1. The van der Waals surface area contributed by atoms with Gasteiger partial charge in [-0.25, -0.2) is 0 Å². The minimum absolute atomic E-state index is 0.131. The van der Waals surface area contributed by atoms with Crippen LogP contribution in [0.1, 0.15) is 13.8 Å². The van der Waals surface area contributed by atoms with Gasteiger partial charge in [0.15, 0.2) is 6.10 Å². The molecule has 92 valence electrons. The summed E-state index contributed by atoms with van der Waals surface area (Å²) in [5.41, 5.74) is 0. The highest BCUT2D eigenvalue weighted by molar-refractivity contribution is 4.89. The first-order chi connectivity index (χ1) is 7.61. The molecule has 1 rings (SSSR count). The van der Waals surface area contributed by atoms with E-state index in [0.29, 0.717) is 26.3 Å². The van der Waals surface area contributed by atoms with Crippen LogP contribution in [-0.2, 0) is 9.47 Å². The van der Waals surface area contributed by atoms with Gasteiger partial charge in [-0.05, 0) is 13.8 Å². The lowest BCUT2D eigenvalue weighted by Crippen LogP contribution is -2.46. The Morgan fingerprint density at radius 1 is 1.62 bits per heavy atom. The van der Waals surface area contributed by atoms with Crippen molar-refractivity contribution < 1.29 is 14.6 Å². The fraction of sp³-hybridized carbons (Fsp3) is 0.909. The third-order valence-corrected chi connectivity index (χ3v) is 2.39. The summed E-state index contributed by atoms with van der Waals surface area (Å²) >= 11 is 0. The molecule has 0 saturated carbocycles. The van der Waals surface area contributed by atoms with Crippen molar-refractivity contribution in [3.63, 3.8) is 0 Å². The van der Waals surface area contributed by atoms with Gasteiger partial charge in [0.05, 0.1) is 31.5 Å². The predicted octanol–water partition coefficient (Wildman–Crippen LogP) is -0.00332. The highest BCUT2D eigenvalue weighted by Crippen LogP contribution is 2.05. The van der Waals surface area contributed by atoms with Crippen molar-refractivity contribution in [1.29, 1.82) is 5.26 Å². The number of aliphatic hydroxyl groups is 1. The molecule has 1 N–H and O–H groups in total. The Balaban J connectivity index is 2.22. The zero-order valence-corrected chi connectivity index (χ0v) is 9.93. The van der Waals surface area contributed by atoms with Crippen LogP contribution in [0.2, 0.25) is 0 Å². The highest BCUT2D eigenvalue weighted by atomic mass is 16.5. The second kappa shape index (κ2) is 6.81. The van der Waals surface area contributed by atoms with E-state index in [4.69, 9.17) is 14.7 Å². The monoisotopic (exact) mass is 228 g/mol. The SMILES string of the molecule is CC(C)OCC(O)CN1CCOC(C#N)C1. The highest BCUT2D eigenvalue weighted by Gasteiger charge is 2.21. The molecule has 0 aliphatic carbocycles. The Labute approximate surface area is 96.6 Å². The molecule has 0 radical (unpaired) electrons. The van der Waals surface area contributed by atoms with Gasteiger partial charge < -0.3 is 14.6 Å². The molecule has 16 heavy (non-hydrogen) atoms. The van der Waals surface area contributed by atoms with Crippen molar-refractivity contribution in [2.24, 2.45) is 0 Å². The van der Waals surface area contributed by atoms with Gasteiger partial charge in [-0.3, -0.25) is 4.90 Å². The molecule has 0 aromatic carbocycles. The Hall–Kier alpha value is -0.670. The molecule has 0 bridgehead atoms. The van der Waals surface area contributed by atoms with Gasteiger partial charge in [-0.2, -0.15) is 5.26 Å². The Morgan fingerprint density at radius 2 is 2.38 bits per heavy atom. The molecule has 2 unspecified atom stereocenters. The molecular formula is C11H20N2O3. The third-order valence-electron chi connectivity index (χ3n) is 2.39. The molecule has 0 aromatic heterocycles. The molecule has 2 atom stereocenters. The lowest BCUT2D eigenvalue weighted by atomic mass is 10.2. The summed E-state index contributed by atoms with van der Waals surface area (Å²) in [7, 11) is 0. The van der Waals surface area contributed by atoms with E-state index in [2.05, 4.69) is 6.07 Å². The summed E-state index contributed by atoms with van der Waals surface area (Å²) < 4.78 is 10.5. The second-order valence-electron chi connectivity index (χ2n) is 4.28. The van der Waals surface area contributed by atoms with E-state index in [1.807, 2.05) is 18.7 Å². The van der Waals surface area contributed by atoms with E-state index >= 15 is 0 Å². The summed E-state index contributed by atoms with van der Waals surface area (Å²) in [6.45, 7) is 6.63. The molecule has 0 amide bonds. The number of morpholine rings is 1. The molecule has 1 aliphatic rings. The molecule has 5 heteroatoms. The molecule has 1 saturated heterocycles. The molecule has 1 fully saturated rings. The summed E-state index contributed by atoms with van der Waals surface area (Å²) in [5.74, 6) is 0. The number of hydrogen-bond acceptors (Lipinski definition) is 5. The molecule has 0 aromatic rings. The van der Waals surface area contributed by atoms with Crippen LogP contribution >= 0.6 is 0 Å². The normalized spacial score (nSPS) is 24.3. The van der Waals surface area contributed by atoms with E-state index in [9.17, 15) is 5.11 Å². The van der Waals surface area contributed by atoms with Crippen molar-refractivity contribution in [2.75, 3.05) is 32.8 Å². The fourth-order valence-corrected chi connectivity index (χ4v) is 1.60. The van der Waals surface area contributed by atoms with Gasteiger partial charge in [-0.15, -0.1) is 0 Å².